The molecule has 29 heavy (non-hydrogen) atoms. The van der Waals surface area contributed by atoms with Gasteiger partial charge in [-0.3, -0.25) is 14.7 Å². The molecule has 5 rings (SSSR count). The Labute approximate surface area is 177 Å². The molecule has 1 unspecified atom stereocenters. The lowest BCUT2D eigenvalue weighted by molar-refractivity contribution is 0.575. The quantitative estimate of drug-likeness (QED) is 0.632. The van der Waals surface area contributed by atoms with Crippen molar-refractivity contribution in [2.24, 2.45) is 4.99 Å². The van der Waals surface area contributed by atoms with E-state index in [2.05, 4.69) is 27.3 Å². The number of benzene rings is 2. The first-order valence-electron chi connectivity index (χ1n) is 9.26. The number of hydrogen-bond acceptors (Lipinski definition) is 5. The maximum Gasteiger partial charge on any atom is 0.257 e. The van der Waals surface area contributed by atoms with Crippen molar-refractivity contribution in [3.63, 3.8) is 0 Å². The summed E-state index contributed by atoms with van der Waals surface area (Å²) in [6.07, 6.45) is 0.288. The zero-order valence-corrected chi connectivity index (χ0v) is 17.1. The smallest absolute Gasteiger partial charge is 0.257 e. The normalized spacial score (nSPS) is 17.4. The molecule has 3 heterocycles. The van der Waals surface area contributed by atoms with Crippen molar-refractivity contribution in [3.8, 4) is 0 Å². The van der Waals surface area contributed by atoms with E-state index < -0.39 is 6.17 Å². The molecule has 0 bridgehead atoms. The van der Waals surface area contributed by atoms with Crippen molar-refractivity contribution < 1.29 is 0 Å². The summed E-state index contributed by atoms with van der Waals surface area (Å²) in [6.45, 7) is 2.59. The molecule has 0 saturated carbocycles. The monoisotopic (exact) mass is 425 g/mol. The lowest BCUT2D eigenvalue weighted by Crippen LogP contribution is -2.43. The van der Waals surface area contributed by atoms with Gasteiger partial charge in [0.05, 0.1) is 0 Å². The Morgan fingerprint density at radius 1 is 1.14 bits per heavy atom. The topological polar surface area (TPSA) is 62.5 Å². The molecule has 1 N–H and O–H groups in total. The lowest BCUT2D eigenvalue weighted by atomic mass is 10.1. The van der Waals surface area contributed by atoms with Crippen LogP contribution >= 0.6 is 23.2 Å². The molecule has 146 valence electrons. The van der Waals surface area contributed by atoms with Gasteiger partial charge in [0.2, 0.25) is 11.9 Å². The summed E-state index contributed by atoms with van der Waals surface area (Å²) in [7, 11) is 0. The van der Waals surface area contributed by atoms with Gasteiger partial charge in [-0.2, -0.15) is 0 Å². The molecule has 2 aliphatic rings. The maximum absolute atomic E-state index is 12.8. The van der Waals surface area contributed by atoms with Crippen LogP contribution in [0.3, 0.4) is 0 Å². The molecule has 0 aliphatic carbocycles. The van der Waals surface area contributed by atoms with Crippen molar-refractivity contribution in [2.45, 2.75) is 19.5 Å². The number of para-hydroxylation sites is 1. The Kier molecular flexibility index (Phi) is 4.33. The first-order chi connectivity index (χ1) is 14.0. The molecule has 8 heteroatoms. The van der Waals surface area contributed by atoms with Crippen LogP contribution in [-0.2, 0) is 6.42 Å². The Hall–Kier alpha value is -2.83. The average Bonchev–Trinajstić information content (AvgIpc) is 3.11. The van der Waals surface area contributed by atoms with Gasteiger partial charge < -0.3 is 4.90 Å². The summed E-state index contributed by atoms with van der Waals surface area (Å²) in [4.78, 5) is 24.4. The highest BCUT2D eigenvalue weighted by atomic mass is 35.5. The van der Waals surface area contributed by atoms with Crippen molar-refractivity contribution in [1.82, 2.24) is 9.55 Å². The van der Waals surface area contributed by atoms with Crippen molar-refractivity contribution in [2.75, 3.05) is 16.8 Å². The Morgan fingerprint density at radius 3 is 2.79 bits per heavy atom. The van der Waals surface area contributed by atoms with Gasteiger partial charge in [0.25, 0.3) is 5.56 Å². The summed E-state index contributed by atoms with van der Waals surface area (Å²) in [5, 5.41) is 4.23. The van der Waals surface area contributed by atoms with Crippen LogP contribution in [-0.4, -0.2) is 22.1 Å². The van der Waals surface area contributed by atoms with Crippen LogP contribution in [0.5, 0.6) is 0 Å². The van der Waals surface area contributed by atoms with Gasteiger partial charge in [-0.1, -0.05) is 47.5 Å². The number of rotatable bonds is 1. The Bertz CT molecular complexity index is 1220. The van der Waals surface area contributed by atoms with E-state index in [1.165, 1.54) is 16.2 Å². The summed E-state index contributed by atoms with van der Waals surface area (Å²) < 4.78 is 1.52. The van der Waals surface area contributed by atoms with Gasteiger partial charge in [-0.25, -0.2) is 9.98 Å². The third-order valence-corrected chi connectivity index (χ3v) is 5.74. The van der Waals surface area contributed by atoms with Gasteiger partial charge in [-0.05, 0) is 37.1 Å². The minimum absolute atomic E-state index is 0.194. The number of hydrogen-bond donors (Lipinski definition) is 1. The predicted octanol–water partition coefficient (Wildman–Crippen LogP) is 4.25. The van der Waals surface area contributed by atoms with Crippen molar-refractivity contribution in [3.05, 3.63) is 85.8 Å². The van der Waals surface area contributed by atoms with Gasteiger partial charge in [0.1, 0.15) is 0 Å². The SMILES string of the molecule is Cc1cc(=O)n2c(n1)NC(N1CCc3ccccc31)=NC2c1ccc(Cl)cc1Cl. The van der Waals surface area contributed by atoms with Gasteiger partial charge in [-0.15, -0.1) is 0 Å². The highest BCUT2D eigenvalue weighted by Crippen LogP contribution is 2.35. The summed E-state index contributed by atoms with van der Waals surface area (Å²) in [6, 6.07) is 14.9. The van der Waals surface area contributed by atoms with Crippen molar-refractivity contribution >= 4 is 40.8 Å². The number of aryl methyl sites for hydroxylation is 1. The van der Waals surface area contributed by atoms with E-state index in [1.54, 1.807) is 25.1 Å². The number of nitrogens with one attached hydrogen (secondary N) is 1. The van der Waals surface area contributed by atoms with Crippen molar-refractivity contribution in [1.29, 1.82) is 0 Å². The first-order valence-corrected chi connectivity index (χ1v) is 10.0. The molecule has 2 aromatic carbocycles. The van der Waals surface area contributed by atoms with Crippen LogP contribution in [0.2, 0.25) is 10.0 Å². The van der Waals surface area contributed by atoms with E-state index in [-0.39, 0.29) is 5.56 Å². The van der Waals surface area contributed by atoms with E-state index in [0.29, 0.717) is 33.2 Å². The summed E-state index contributed by atoms with van der Waals surface area (Å²) >= 11 is 12.6. The Balaban J connectivity index is 1.68. The fourth-order valence-electron chi connectivity index (χ4n) is 3.85. The molecular formula is C21H17Cl2N5O. The second-order valence-corrected chi connectivity index (χ2v) is 7.92. The highest BCUT2D eigenvalue weighted by Gasteiger charge is 2.31. The number of fused-ring (bicyclic) bond motifs is 2. The average molecular weight is 426 g/mol. The van der Waals surface area contributed by atoms with Crippen LogP contribution in [0.25, 0.3) is 0 Å². The molecular weight excluding hydrogens is 409 g/mol. The van der Waals surface area contributed by atoms with Gasteiger partial charge >= 0.3 is 0 Å². The maximum atomic E-state index is 12.8. The fourth-order valence-corrected chi connectivity index (χ4v) is 4.36. The molecule has 2 aliphatic heterocycles. The predicted molar refractivity (Wildman–Crippen MR) is 116 cm³/mol. The number of nitrogens with zero attached hydrogens (tertiary/aromatic N) is 4. The van der Waals surface area contributed by atoms with E-state index >= 15 is 0 Å². The first kappa shape index (κ1) is 18.2. The van der Waals surface area contributed by atoms with Gasteiger partial charge in [0.15, 0.2) is 6.17 Å². The zero-order valence-electron chi connectivity index (χ0n) is 15.6. The highest BCUT2D eigenvalue weighted by molar-refractivity contribution is 6.35. The van der Waals surface area contributed by atoms with Crippen LogP contribution in [0.1, 0.15) is 23.0 Å². The zero-order chi connectivity index (χ0) is 20.1. The number of anilines is 2. The largest absolute Gasteiger partial charge is 0.312 e. The van der Waals surface area contributed by atoms with E-state index in [1.807, 2.05) is 12.1 Å². The Morgan fingerprint density at radius 2 is 1.97 bits per heavy atom. The van der Waals surface area contributed by atoms with Crippen LogP contribution < -0.4 is 15.8 Å². The molecule has 1 atom stereocenters. The molecule has 1 aromatic heterocycles. The molecule has 0 fully saturated rings. The summed E-state index contributed by atoms with van der Waals surface area (Å²) in [5.74, 6) is 1.09. The molecule has 0 saturated heterocycles. The number of aromatic nitrogens is 2. The molecule has 6 nitrogen and oxygen atoms in total. The van der Waals surface area contributed by atoms with Crippen LogP contribution in [0.4, 0.5) is 11.6 Å². The lowest BCUT2D eigenvalue weighted by Gasteiger charge is -2.31. The standard InChI is InChI=1S/C21H17Cl2N5O/c1-12-10-18(29)28-19(15-7-6-14(22)11-16(15)23)25-20(26-21(28)24-12)27-9-8-13-4-2-3-5-17(13)27/h2-7,10-11,19H,8-9H2,1H3,(H,24,25,26). The molecule has 0 amide bonds. The molecule has 0 spiro atoms. The number of guanidine groups is 1. The fraction of sp³-hybridized carbons (Fsp3) is 0.190. The third-order valence-electron chi connectivity index (χ3n) is 5.18. The number of halogens is 2. The van der Waals surface area contributed by atoms with Gasteiger partial charge in [0, 0.05) is 39.6 Å². The molecule has 0 radical (unpaired) electrons. The third kappa shape index (κ3) is 3.09. The minimum atomic E-state index is -0.639. The van der Waals surface area contributed by atoms with E-state index in [0.717, 1.165) is 18.7 Å². The van der Waals surface area contributed by atoms with E-state index in [4.69, 9.17) is 28.2 Å². The van der Waals surface area contributed by atoms with Crippen LogP contribution in [0, 0.1) is 6.92 Å². The molecule has 3 aromatic rings. The van der Waals surface area contributed by atoms with Crippen LogP contribution in [0.15, 0.2) is 58.3 Å². The number of aliphatic imine (C=N–C) groups is 1. The second-order valence-electron chi connectivity index (χ2n) is 7.08. The van der Waals surface area contributed by atoms with E-state index in [9.17, 15) is 4.79 Å². The second kappa shape index (κ2) is 6.90. The summed E-state index contributed by atoms with van der Waals surface area (Å²) in [5.41, 5.74) is 3.50. The minimum Gasteiger partial charge on any atom is -0.312 e.